The number of nitrogens with zero attached hydrogens (tertiary/aromatic N) is 1. The van der Waals surface area contributed by atoms with E-state index in [1.807, 2.05) is 0 Å². The van der Waals surface area contributed by atoms with Crippen molar-refractivity contribution in [3.05, 3.63) is 23.8 Å². The second-order valence-corrected chi connectivity index (χ2v) is 4.45. The molecule has 5 heteroatoms. The molecule has 0 unspecified atom stereocenters. The van der Waals surface area contributed by atoms with Crippen LogP contribution in [0, 0.1) is 0 Å². The fraction of sp³-hybridized carbons (Fsp3) is 0.333. The van der Waals surface area contributed by atoms with Gasteiger partial charge in [-0.2, -0.15) is 0 Å². The summed E-state index contributed by atoms with van der Waals surface area (Å²) < 4.78 is 0. The lowest BCUT2D eigenvalue weighted by molar-refractivity contribution is -0.119. The lowest BCUT2D eigenvalue weighted by Gasteiger charge is -2.19. The predicted molar refractivity (Wildman–Crippen MR) is 63.5 cm³/mol. The molecule has 0 saturated carbocycles. The van der Waals surface area contributed by atoms with Crippen LogP contribution in [-0.4, -0.2) is 29.3 Å². The summed E-state index contributed by atoms with van der Waals surface area (Å²) in [4.78, 5) is 25.9. The first-order valence-electron chi connectivity index (χ1n) is 5.68. The van der Waals surface area contributed by atoms with Gasteiger partial charge in [0.1, 0.15) is 6.04 Å². The highest BCUT2D eigenvalue weighted by Gasteiger charge is 2.38. The van der Waals surface area contributed by atoms with Crippen LogP contribution in [0.2, 0.25) is 0 Å². The van der Waals surface area contributed by atoms with Gasteiger partial charge in [-0.25, -0.2) is 0 Å². The highest BCUT2D eigenvalue weighted by atomic mass is 16.2. The number of nitrogen functional groups attached to an aromatic ring is 1. The molecular weight excluding hydrogens is 218 g/mol. The van der Waals surface area contributed by atoms with Crippen molar-refractivity contribution in [2.45, 2.75) is 18.9 Å². The van der Waals surface area contributed by atoms with Gasteiger partial charge in [0, 0.05) is 12.2 Å². The van der Waals surface area contributed by atoms with Crippen molar-refractivity contribution in [1.29, 1.82) is 0 Å². The minimum atomic E-state index is -0.323. The molecule has 0 spiro atoms. The molecule has 3 rings (SSSR count). The van der Waals surface area contributed by atoms with Crippen LogP contribution in [0.1, 0.15) is 23.2 Å². The maximum atomic E-state index is 12.3. The van der Waals surface area contributed by atoms with Crippen LogP contribution in [0.25, 0.3) is 0 Å². The van der Waals surface area contributed by atoms with E-state index in [1.165, 1.54) is 0 Å². The van der Waals surface area contributed by atoms with Gasteiger partial charge in [-0.05, 0) is 31.0 Å². The SMILES string of the molecule is Nc1ccc2c(c1)C(=O)N1CCC[C@H]1C(=O)N2. The van der Waals surface area contributed by atoms with Crippen LogP contribution in [0.3, 0.4) is 0 Å². The Balaban J connectivity index is 2.12. The van der Waals surface area contributed by atoms with E-state index in [-0.39, 0.29) is 17.9 Å². The maximum absolute atomic E-state index is 12.3. The van der Waals surface area contributed by atoms with Gasteiger partial charge in [0.05, 0.1) is 11.3 Å². The first kappa shape index (κ1) is 10.1. The first-order chi connectivity index (χ1) is 8.16. The Bertz CT molecular complexity index is 512. The fourth-order valence-electron chi connectivity index (χ4n) is 2.50. The molecule has 2 aliphatic rings. The largest absolute Gasteiger partial charge is 0.399 e. The molecule has 1 aromatic carbocycles. The lowest BCUT2D eigenvalue weighted by Crippen LogP contribution is -2.40. The van der Waals surface area contributed by atoms with Crippen molar-refractivity contribution in [1.82, 2.24) is 4.90 Å². The summed E-state index contributed by atoms with van der Waals surface area (Å²) in [6, 6.07) is 4.67. The molecule has 1 atom stereocenters. The Morgan fingerprint density at radius 2 is 2.18 bits per heavy atom. The number of hydrogen-bond acceptors (Lipinski definition) is 3. The number of amides is 2. The van der Waals surface area contributed by atoms with E-state index in [1.54, 1.807) is 23.1 Å². The second-order valence-electron chi connectivity index (χ2n) is 4.45. The highest BCUT2D eigenvalue weighted by Crippen LogP contribution is 2.29. The summed E-state index contributed by atoms with van der Waals surface area (Å²) in [5.41, 5.74) is 7.26. The van der Waals surface area contributed by atoms with E-state index >= 15 is 0 Å². The lowest BCUT2D eigenvalue weighted by atomic mass is 10.1. The van der Waals surface area contributed by atoms with E-state index in [0.717, 1.165) is 12.8 Å². The highest BCUT2D eigenvalue weighted by molar-refractivity contribution is 6.10. The van der Waals surface area contributed by atoms with Crippen molar-refractivity contribution in [3.8, 4) is 0 Å². The number of rotatable bonds is 0. The van der Waals surface area contributed by atoms with Gasteiger partial charge in [0.2, 0.25) is 5.91 Å². The number of fused-ring (bicyclic) bond motifs is 2. The smallest absolute Gasteiger partial charge is 0.256 e. The molecule has 2 aliphatic heterocycles. The summed E-state index contributed by atoms with van der Waals surface area (Å²) >= 11 is 0. The normalized spacial score (nSPS) is 22.8. The monoisotopic (exact) mass is 231 g/mol. The van der Waals surface area contributed by atoms with Crippen LogP contribution >= 0.6 is 0 Å². The maximum Gasteiger partial charge on any atom is 0.256 e. The van der Waals surface area contributed by atoms with Gasteiger partial charge in [-0.1, -0.05) is 0 Å². The standard InChI is InChI=1S/C12H13N3O2/c13-7-3-4-9-8(6-7)12(17)15-5-1-2-10(15)11(16)14-9/h3-4,6,10H,1-2,5,13H2,(H,14,16)/t10-/m0/s1. The first-order valence-corrected chi connectivity index (χ1v) is 5.68. The zero-order valence-electron chi connectivity index (χ0n) is 9.27. The third-order valence-corrected chi connectivity index (χ3v) is 3.35. The van der Waals surface area contributed by atoms with Crippen LogP contribution in [0.15, 0.2) is 18.2 Å². The van der Waals surface area contributed by atoms with E-state index < -0.39 is 0 Å². The molecule has 88 valence electrons. The fourth-order valence-corrected chi connectivity index (χ4v) is 2.50. The summed E-state index contributed by atoms with van der Waals surface area (Å²) in [6.45, 7) is 0.644. The molecule has 17 heavy (non-hydrogen) atoms. The molecule has 3 N–H and O–H groups in total. The van der Waals surface area contributed by atoms with Gasteiger partial charge in [-0.15, -0.1) is 0 Å². The summed E-state index contributed by atoms with van der Waals surface area (Å²) in [7, 11) is 0. The van der Waals surface area contributed by atoms with Crippen molar-refractivity contribution in [2.75, 3.05) is 17.6 Å². The molecular formula is C12H13N3O2. The zero-order chi connectivity index (χ0) is 12.0. The van der Waals surface area contributed by atoms with Crippen molar-refractivity contribution < 1.29 is 9.59 Å². The van der Waals surface area contributed by atoms with E-state index in [4.69, 9.17) is 5.73 Å². The molecule has 0 radical (unpaired) electrons. The Labute approximate surface area is 98.6 Å². The Morgan fingerprint density at radius 1 is 1.35 bits per heavy atom. The minimum absolute atomic E-state index is 0.0978. The Kier molecular flexibility index (Phi) is 2.07. The molecule has 1 saturated heterocycles. The molecule has 1 fully saturated rings. The van der Waals surface area contributed by atoms with E-state index in [2.05, 4.69) is 5.32 Å². The molecule has 0 aliphatic carbocycles. The van der Waals surface area contributed by atoms with Gasteiger partial charge in [0.15, 0.2) is 0 Å². The van der Waals surface area contributed by atoms with E-state index in [9.17, 15) is 9.59 Å². The van der Waals surface area contributed by atoms with Crippen molar-refractivity contribution in [2.24, 2.45) is 0 Å². The topological polar surface area (TPSA) is 75.4 Å². The van der Waals surface area contributed by atoms with Gasteiger partial charge >= 0.3 is 0 Å². The third-order valence-electron chi connectivity index (χ3n) is 3.35. The van der Waals surface area contributed by atoms with Gasteiger partial charge < -0.3 is 16.0 Å². The Hall–Kier alpha value is -2.04. The van der Waals surface area contributed by atoms with Crippen molar-refractivity contribution >= 4 is 23.2 Å². The minimum Gasteiger partial charge on any atom is -0.399 e. The molecule has 5 nitrogen and oxygen atoms in total. The van der Waals surface area contributed by atoms with Gasteiger partial charge in [-0.3, -0.25) is 9.59 Å². The summed E-state index contributed by atoms with van der Waals surface area (Å²) in [5, 5.41) is 2.79. The summed E-state index contributed by atoms with van der Waals surface area (Å²) in [5.74, 6) is -0.201. The number of nitrogens with one attached hydrogen (secondary N) is 1. The molecule has 2 amide bonds. The average Bonchev–Trinajstić information content (AvgIpc) is 2.76. The number of nitrogens with two attached hydrogens (primary N) is 1. The van der Waals surface area contributed by atoms with Crippen LogP contribution < -0.4 is 11.1 Å². The van der Waals surface area contributed by atoms with Crippen LogP contribution in [-0.2, 0) is 4.79 Å². The van der Waals surface area contributed by atoms with Crippen LogP contribution in [0.5, 0.6) is 0 Å². The number of carbonyl (C=O) groups is 2. The third kappa shape index (κ3) is 1.46. The molecule has 0 aromatic heterocycles. The van der Waals surface area contributed by atoms with Gasteiger partial charge in [0.25, 0.3) is 5.91 Å². The van der Waals surface area contributed by atoms with Crippen molar-refractivity contribution in [3.63, 3.8) is 0 Å². The molecule has 1 aromatic rings. The number of anilines is 2. The zero-order valence-corrected chi connectivity index (χ0v) is 9.27. The van der Waals surface area contributed by atoms with Crippen LogP contribution in [0.4, 0.5) is 11.4 Å². The second kappa shape index (κ2) is 3.48. The average molecular weight is 231 g/mol. The molecule has 2 heterocycles. The predicted octanol–water partition coefficient (Wildman–Crippen LogP) is 0.825. The Morgan fingerprint density at radius 3 is 3.00 bits per heavy atom. The van der Waals surface area contributed by atoms with E-state index in [0.29, 0.717) is 23.5 Å². The summed E-state index contributed by atoms with van der Waals surface area (Å²) in [6.07, 6.45) is 1.61. The molecule has 0 bridgehead atoms. The quantitative estimate of drug-likeness (QED) is 0.649. The number of hydrogen-bond donors (Lipinski definition) is 2. The number of benzene rings is 1. The number of carbonyl (C=O) groups excluding carboxylic acids is 2.